The molecule has 148 valence electrons. The fourth-order valence-electron chi connectivity index (χ4n) is 3.00. The minimum Gasteiger partial charge on any atom is -0.492 e. The standard InChI is InChI=1S/C21H25N3O4/c1-5-27-17-9-7-6-8-15(17)23-20(26)22-14-10-11-16-18(12-14)28-13-21(2,3)19(25)24(16)4/h6-12H,5,13H2,1-4H3,(H2,22,23,26). The van der Waals surface area contributed by atoms with Crippen LogP contribution in [0.25, 0.3) is 0 Å². The van der Waals surface area contributed by atoms with Crippen molar-refractivity contribution < 1.29 is 19.1 Å². The first-order valence-corrected chi connectivity index (χ1v) is 9.16. The van der Waals surface area contributed by atoms with E-state index in [1.807, 2.05) is 32.9 Å². The fourth-order valence-corrected chi connectivity index (χ4v) is 3.00. The zero-order valence-corrected chi connectivity index (χ0v) is 16.5. The van der Waals surface area contributed by atoms with Gasteiger partial charge in [0.15, 0.2) is 0 Å². The van der Waals surface area contributed by atoms with Crippen LogP contribution in [0.4, 0.5) is 21.9 Å². The summed E-state index contributed by atoms with van der Waals surface area (Å²) in [5, 5.41) is 5.57. The molecule has 7 heteroatoms. The van der Waals surface area contributed by atoms with Crippen LogP contribution in [-0.2, 0) is 4.79 Å². The number of para-hydroxylation sites is 2. The number of nitrogens with zero attached hydrogens (tertiary/aromatic N) is 1. The van der Waals surface area contributed by atoms with Gasteiger partial charge in [-0.3, -0.25) is 4.79 Å². The summed E-state index contributed by atoms with van der Waals surface area (Å²) in [6, 6.07) is 12.0. The van der Waals surface area contributed by atoms with Gasteiger partial charge in [0.1, 0.15) is 18.1 Å². The van der Waals surface area contributed by atoms with E-state index in [4.69, 9.17) is 9.47 Å². The van der Waals surface area contributed by atoms with Gasteiger partial charge >= 0.3 is 6.03 Å². The van der Waals surface area contributed by atoms with Crippen molar-refractivity contribution in [2.24, 2.45) is 5.41 Å². The predicted molar refractivity (Wildman–Crippen MR) is 109 cm³/mol. The third-order valence-electron chi connectivity index (χ3n) is 4.49. The van der Waals surface area contributed by atoms with Crippen molar-refractivity contribution in [3.05, 3.63) is 42.5 Å². The number of benzene rings is 2. The molecule has 7 nitrogen and oxygen atoms in total. The van der Waals surface area contributed by atoms with E-state index in [1.165, 1.54) is 0 Å². The topological polar surface area (TPSA) is 79.9 Å². The third-order valence-corrected chi connectivity index (χ3v) is 4.49. The Bertz CT molecular complexity index is 895. The SMILES string of the molecule is CCOc1ccccc1NC(=O)Nc1ccc2c(c1)OCC(C)(C)C(=O)N2C. The number of nitrogens with one attached hydrogen (secondary N) is 2. The smallest absolute Gasteiger partial charge is 0.323 e. The highest BCUT2D eigenvalue weighted by Gasteiger charge is 2.36. The average molecular weight is 383 g/mol. The van der Waals surface area contributed by atoms with Gasteiger partial charge in [-0.1, -0.05) is 12.1 Å². The molecule has 0 aliphatic carbocycles. The molecule has 3 rings (SSSR count). The van der Waals surface area contributed by atoms with Gasteiger partial charge in [0.25, 0.3) is 0 Å². The van der Waals surface area contributed by atoms with Gasteiger partial charge in [-0.25, -0.2) is 4.79 Å². The zero-order chi connectivity index (χ0) is 20.3. The molecular formula is C21H25N3O4. The Hall–Kier alpha value is -3.22. The van der Waals surface area contributed by atoms with Gasteiger partial charge in [0, 0.05) is 18.8 Å². The summed E-state index contributed by atoms with van der Waals surface area (Å²) in [7, 11) is 1.72. The second kappa shape index (κ2) is 7.80. The maximum Gasteiger partial charge on any atom is 0.323 e. The van der Waals surface area contributed by atoms with E-state index >= 15 is 0 Å². The molecule has 0 aromatic heterocycles. The lowest BCUT2D eigenvalue weighted by Gasteiger charge is -2.24. The molecule has 0 saturated heterocycles. The lowest BCUT2D eigenvalue weighted by atomic mass is 9.93. The predicted octanol–water partition coefficient (Wildman–Crippen LogP) is 4.11. The Morgan fingerprint density at radius 1 is 1.21 bits per heavy atom. The zero-order valence-electron chi connectivity index (χ0n) is 16.5. The molecule has 0 radical (unpaired) electrons. The number of rotatable bonds is 4. The van der Waals surface area contributed by atoms with E-state index in [1.54, 1.807) is 42.3 Å². The monoisotopic (exact) mass is 383 g/mol. The highest BCUT2D eigenvalue weighted by atomic mass is 16.5. The fraction of sp³-hybridized carbons (Fsp3) is 0.333. The Morgan fingerprint density at radius 2 is 1.96 bits per heavy atom. The number of carbonyl (C=O) groups is 2. The Labute approximate surface area is 164 Å². The summed E-state index contributed by atoms with van der Waals surface area (Å²) in [4.78, 5) is 26.5. The number of anilines is 3. The van der Waals surface area contributed by atoms with Crippen molar-refractivity contribution in [2.45, 2.75) is 20.8 Å². The van der Waals surface area contributed by atoms with E-state index in [0.717, 1.165) is 0 Å². The van der Waals surface area contributed by atoms with Gasteiger partial charge in [-0.15, -0.1) is 0 Å². The number of carbonyl (C=O) groups excluding carboxylic acids is 2. The maximum absolute atomic E-state index is 12.5. The summed E-state index contributed by atoms with van der Waals surface area (Å²) in [5.41, 5.74) is 1.19. The van der Waals surface area contributed by atoms with E-state index < -0.39 is 11.4 Å². The Morgan fingerprint density at radius 3 is 2.71 bits per heavy atom. The largest absolute Gasteiger partial charge is 0.492 e. The van der Waals surface area contributed by atoms with Gasteiger partial charge in [0.05, 0.1) is 23.4 Å². The Balaban J connectivity index is 1.75. The highest BCUT2D eigenvalue weighted by Crippen LogP contribution is 2.37. The van der Waals surface area contributed by atoms with Crippen LogP contribution in [0.2, 0.25) is 0 Å². The number of fused-ring (bicyclic) bond motifs is 1. The minimum absolute atomic E-state index is 0.0165. The minimum atomic E-state index is -0.623. The maximum atomic E-state index is 12.5. The molecule has 0 unspecified atom stereocenters. The van der Waals surface area contributed by atoms with Crippen molar-refractivity contribution in [3.63, 3.8) is 0 Å². The number of amides is 3. The first-order chi connectivity index (χ1) is 13.3. The lowest BCUT2D eigenvalue weighted by molar-refractivity contribution is -0.127. The molecule has 2 aromatic rings. The molecule has 1 heterocycles. The average Bonchev–Trinajstić information content (AvgIpc) is 2.74. The van der Waals surface area contributed by atoms with Crippen molar-refractivity contribution in [2.75, 3.05) is 35.8 Å². The van der Waals surface area contributed by atoms with Gasteiger partial charge in [0.2, 0.25) is 5.91 Å². The molecule has 0 atom stereocenters. The van der Waals surface area contributed by atoms with Crippen LogP contribution in [0.15, 0.2) is 42.5 Å². The van der Waals surface area contributed by atoms with Crippen molar-refractivity contribution in [3.8, 4) is 11.5 Å². The van der Waals surface area contributed by atoms with Gasteiger partial charge in [-0.05, 0) is 45.0 Å². The van der Waals surface area contributed by atoms with Crippen molar-refractivity contribution in [1.82, 2.24) is 0 Å². The molecular weight excluding hydrogens is 358 g/mol. The number of hydrogen-bond acceptors (Lipinski definition) is 4. The molecule has 0 saturated carbocycles. The third kappa shape index (κ3) is 4.03. The van der Waals surface area contributed by atoms with Gasteiger partial charge < -0.3 is 25.0 Å². The van der Waals surface area contributed by atoms with Crippen LogP contribution in [0, 0.1) is 5.41 Å². The van der Waals surface area contributed by atoms with Crippen LogP contribution < -0.4 is 25.0 Å². The quantitative estimate of drug-likeness (QED) is 0.833. The summed E-state index contributed by atoms with van der Waals surface area (Å²) < 4.78 is 11.4. The summed E-state index contributed by atoms with van der Waals surface area (Å²) in [6.45, 7) is 6.35. The van der Waals surface area contributed by atoms with E-state index in [-0.39, 0.29) is 12.5 Å². The Kier molecular flexibility index (Phi) is 5.44. The number of hydrogen-bond donors (Lipinski definition) is 2. The molecule has 0 spiro atoms. The summed E-state index contributed by atoms with van der Waals surface area (Å²) in [5.74, 6) is 1.14. The van der Waals surface area contributed by atoms with Crippen molar-refractivity contribution in [1.29, 1.82) is 0 Å². The normalized spacial score (nSPS) is 15.1. The van der Waals surface area contributed by atoms with Crippen LogP contribution >= 0.6 is 0 Å². The molecule has 2 aromatic carbocycles. The second-order valence-corrected chi connectivity index (χ2v) is 7.23. The first kappa shape index (κ1) is 19.5. The van der Waals surface area contributed by atoms with Crippen molar-refractivity contribution >= 4 is 29.0 Å². The molecule has 0 fully saturated rings. The summed E-state index contributed by atoms with van der Waals surface area (Å²) >= 11 is 0. The molecule has 3 amide bonds. The molecule has 2 N–H and O–H groups in total. The molecule has 1 aliphatic rings. The molecule has 1 aliphatic heterocycles. The molecule has 0 bridgehead atoms. The number of ether oxygens (including phenoxy) is 2. The highest BCUT2D eigenvalue weighted by molar-refractivity contribution is 6.02. The number of urea groups is 1. The van der Waals surface area contributed by atoms with Gasteiger partial charge in [-0.2, -0.15) is 0 Å². The van der Waals surface area contributed by atoms with Crippen LogP contribution in [0.5, 0.6) is 11.5 Å². The van der Waals surface area contributed by atoms with E-state index in [9.17, 15) is 9.59 Å². The lowest BCUT2D eigenvalue weighted by Crippen LogP contribution is -2.39. The van der Waals surface area contributed by atoms with Crippen LogP contribution in [0.3, 0.4) is 0 Å². The van der Waals surface area contributed by atoms with E-state index in [2.05, 4.69) is 10.6 Å². The first-order valence-electron chi connectivity index (χ1n) is 9.16. The molecule has 28 heavy (non-hydrogen) atoms. The van der Waals surface area contributed by atoms with Crippen LogP contribution in [-0.4, -0.2) is 32.2 Å². The van der Waals surface area contributed by atoms with Crippen LogP contribution in [0.1, 0.15) is 20.8 Å². The second-order valence-electron chi connectivity index (χ2n) is 7.23. The van der Waals surface area contributed by atoms with E-state index in [0.29, 0.717) is 35.2 Å². The summed E-state index contributed by atoms with van der Waals surface area (Å²) in [6.07, 6.45) is 0.